The lowest BCUT2D eigenvalue weighted by molar-refractivity contribution is 0.102. The minimum absolute atomic E-state index is 0.281. The lowest BCUT2D eigenvalue weighted by Crippen LogP contribution is -2.15. The van der Waals surface area contributed by atoms with Crippen LogP contribution in [0.15, 0.2) is 42.5 Å². The van der Waals surface area contributed by atoms with E-state index in [0.717, 1.165) is 34.7 Å². The number of hydrogen-bond acceptors (Lipinski definition) is 4. The van der Waals surface area contributed by atoms with Crippen molar-refractivity contribution in [2.24, 2.45) is 0 Å². The monoisotopic (exact) mass is 364 g/mol. The summed E-state index contributed by atoms with van der Waals surface area (Å²) in [7, 11) is 0. The van der Waals surface area contributed by atoms with Crippen molar-refractivity contribution < 1.29 is 9.53 Å². The van der Waals surface area contributed by atoms with Crippen LogP contribution < -0.4 is 10.1 Å². The predicted molar refractivity (Wildman–Crippen MR) is 106 cm³/mol. The summed E-state index contributed by atoms with van der Waals surface area (Å²) in [6, 6.07) is 13.5. The standard InChI is InChI=1S/C21H24N4O2/c1-5-12-27-18-10-11-19(15(3)13-18)22-21(26)20-16(4)25(24-23-20)17-8-6-14(2)7-9-17/h6-11,13H,5,12H2,1-4H3,(H,22,26). The summed E-state index contributed by atoms with van der Waals surface area (Å²) in [6.07, 6.45) is 0.952. The van der Waals surface area contributed by atoms with Crippen molar-refractivity contribution in [2.75, 3.05) is 11.9 Å². The third-order valence-electron chi connectivity index (χ3n) is 4.31. The first-order valence-electron chi connectivity index (χ1n) is 9.03. The van der Waals surface area contributed by atoms with Crippen LogP contribution in [-0.4, -0.2) is 27.5 Å². The average Bonchev–Trinajstić information content (AvgIpc) is 3.04. The minimum atomic E-state index is -0.281. The SMILES string of the molecule is CCCOc1ccc(NC(=O)c2nnn(-c3ccc(C)cc3)c2C)c(C)c1. The summed E-state index contributed by atoms with van der Waals surface area (Å²) in [5.74, 6) is 0.519. The van der Waals surface area contributed by atoms with E-state index >= 15 is 0 Å². The molecule has 0 spiro atoms. The van der Waals surface area contributed by atoms with E-state index in [1.807, 2.05) is 63.2 Å². The van der Waals surface area contributed by atoms with Gasteiger partial charge in [0.1, 0.15) is 5.75 Å². The zero-order chi connectivity index (χ0) is 19.4. The molecular weight excluding hydrogens is 340 g/mol. The first-order valence-corrected chi connectivity index (χ1v) is 9.03. The molecule has 1 aromatic heterocycles. The summed E-state index contributed by atoms with van der Waals surface area (Å²) in [5.41, 5.74) is 4.70. The molecule has 27 heavy (non-hydrogen) atoms. The van der Waals surface area contributed by atoms with Gasteiger partial charge in [-0.05, 0) is 63.1 Å². The van der Waals surface area contributed by atoms with Gasteiger partial charge in [-0.2, -0.15) is 0 Å². The van der Waals surface area contributed by atoms with E-state index < -0.39 is 0 Å². The Balaban J connectivity index is 1.78. The summed E-state index contributed by atoms with van der Waals surface area (Å²) >= 11 is 0. The molecule has 0 unspecified atom stereocenters. The smallest absolute Gasteiger partial charge is 0.278 e. The minimum Gasteiger partial charge on any atom is -0.494 e. The number of aromatic nitrogens is 3. The predicted octanol–water partition coefficient (Wildman–Crippen LogP) is 4.23. The third kappa shape index (κ3) is 4.16. The number of ether oxygens (including phenoxy) is 1. The van der Waals surface area contributed by atoms with E-state index in [1.165, 1.54) is 0 Å². The molecule has 0 bridgehead atoms. The number of benzene rings is 2. The van der Waals surface area contributed by atoms with Crippen LogP contribution in [0.5, 0.6) is 5.75 Å². The summed E-state index contributed by atoms with van der Waals surface area (Å²) in [5, 5.41) is 11.1. The van der Waals surface area contributed by atoms with Crippen molar-refractivity contribution in [2.45, 2.75) is 34.1 Å². The van der Waals surface area contributed by atoms with Crippen LogP contribution in [-0.2, 0) is 0 Å². The van der Waals surface area contributed by atoms with Gasteiger partial charge >= 0.3 is 0 Å². The molecule has 0 radical (unpaired) electrons. The molecule has 1 amide bonds. The van der Waals surface area contributed by atoms with E-state index in [2.05, 4.69) is 22.6 Å². The van der Waals surface area contributed by atoms with Gasteiger partial charge in [0.15, 0.2) is 5.69 Å². The number of aryl methyl sites for hydroxylation is 2. The molecule has 0 saturated heterocycles. The molecule has 0 atom stereocenters. The first-order chi connectivity index (χ1) is 13.0. The van der Waals surface area contributed by atoms with Crippen LogP contribution >= 0.6 is 0 Å². The number of hydrogen-bond donors (Lipinski definition) is 1. The molecule has 140 valence electrons. The number of carbonyl (C=O) groups excluding carboxylic acids is 1. The molecule has 0 aliphatic heterocycles. The highest BCUT2D eigenvalue weighted by Crippen LogP contribution is 2.22. The molecule has 3 rings (SSSR count). The van der Waals surface area contributed by atoms with Crippen LogP contribution in [0, 0.1) is 20.8 Å². The number of anilines is 1. The normalized spacial score (nSPS) is 10.7. The number of carbonyl (C=O) groups is 1. The van der Waals surface area contributed by atoms with Gasteiger partial charge in [-0.1, -0.05) is 29.8 Å². The molecule has 6 heteroatoms. The maximum absolute atomic E-state index is 12.7. The Morgan fingerprint density at radius 3 is 2.52 bits per heavy atom. The van der Waals surface area contributed by atoms with Crippen LogP contribution in [0.2, 0.25) is 0 Å². The largest absolute Gasteiger partial charge is 0.494 e. The molecule has 0 aliphatic carbocycles. The Labute approximate surface area is 159 Å². The molecule has 2 aromatic carbocycles. The lowest BCUT2D eigenvalue weighted by Gasteiger charge is -2.10. The van der Waals surface area contributed by atoms with E-state index in [0.29, 0.717) is 18.0 Å². The maximum Gasteiger partial charge on any atom is 0.278 e. The molecule has 1 N–H and O–H groups in total. The highest BCUT2D eigenvalue weighted by Gasteiger charge is 2.18. The fraction of sp³-hybridized carbons (Fsp3) is 0.286. The molecule has 0 fully saturated rings. The zero-order valence-electron chi connectivity index (χ0n) is 16.1. The third-order valence-corrected chi connectivity index (χ3v) is 4.31. The van der Waals surface area contributed by atoms with Crippen LogP contribution in [0.4, 0.5) is 5.69 Å². The van der Waals surface area contributed by atoms with Crippen molar-refractivity contribution in [3.63, 3.8) is 0 Å². The summed E-state index contributed by atoms with van der Waals surface area (Å²) in [6.45, 7) is 8.53. The van der Waals surface area contributed by atoms with Gasteiger partial charge in [-0.25, -0.2) is 4.68 Å². The fourth-order valence-electron chi connectivity index (χ4n) is 2.74. The maximum atomic E-state index is 12.7. The zero-order valence-corrected chi connectivity index (χ0v) is 16.1. The van der Waals surface area contributed by atoms with E-state index in [4.69, 9.17) is 4.74 Å². The summed E-state index contributed by atoms with van der Waals surface area (Å²) < 4.78 is 7.29. The van der Waals surface area contributed by atoms with E-state index in [9.17, 15) is 4.79 Å². The molecular formula is C21H24N4O2. The van der Waals surface area contributed by atoms with Gasteiger partial charge in [-0.15, -0.1) is 5.10 Å². The van der Waals surface area contributed by atoms with Gasteiger partial charge in [0.2, 0.25) is 0 Å². The first kappa shape index (κ1) is 18.6. The van der Waals surface area contributed by atoms with Gasteiger partial charge in [0, 0.05) is 5.69 Å². The number of nitrogens with zero attached hydrogens (tertiary/aromatic N) is 3. The quantitative estimate of drug-likeness (QED) is 0.710. The lowest BCUT2D eigenvalue weighted by atomic mass is 10.2. The molecule has 3 aromatic rings. The fourth-order valence-corrected chi connectivity index (χ4v) is 2.74. The Bertz CT molecular complexity index is 945. The Kier molecular flexibility index (Phi) is 5.54. The van der Waals surface area contributed by atoms with Crippen molar-refractivity contribution in [1.82, 2.24) is 15.0 Å². The van der Waals surface area contributed by atoms with Crippen LogP contribution in [0.25, 0.3) is 5.69 Å². The van der Waals surface area contributed by atoms with Gasteiger partial charge in [0.05, 0.1) is 18.0 Å². The van der Waals surface area contributed by atoms with Gasteiger partial charge in [0.25, 0.3) is 5.91 Å². The van der Waals surface area contributed by atoms with Crippen LogP contribution in [0.1, 0.15) is 40.7 Å². The second-order valence-corrected chi connectivity index (χ2v) is 6.55. The Morgan fingerprint density at radius 1 is 1.11 bits per heavy atom. The number of amides is 1. The number of rotatable bonds is 6. The Hall–Kier alpha value is -3.15. The van der Waals surface area contributed by atoms with Crippen molar-refractivity contribution in [3.05, 3.63) is 65.0 Å². The van der Waals surface area contributed by atoms with Crippen molar-refractivity contribution >= 4 is 11.6 Å². The molecule has 1 heterocycles. The molecule has 6 nitrogen and oxygen atoms in total. The summed E-state index contributed by atoms with van der Waals surface area (Å²) in [4.78, 5) is 12.7. The second-order valence-electron chi connectivity index (χ2n) is 6.55. The van der Waals surface area contributed by atoms with E-state index in [1.54, 1.807) is 4.68 Å². The number of nitrogens with one attached hydrogen (secondary N) is 1. The highest BCUT2D eigenvalue weighted by atomic mass is 16.5. The van der Waals surface area contributed by atoms with Crippen molar-refractivity contribution in [1.29, 1.82) is 0 Å². The Morgan fingerprint density at radius 2 is 1.85 bits per heavy atom. The van der Waals surface area contributed by atoms with Gasteiger partial charge in [-0.3, -0.25) is 4.79 Å². The van der Waals surface area contributed by atoms with Gasteiger partial charge < -0.3 is 10.1 Å². The topological polar surface area (TPSA) is 69.0 Å². The molecule has 0 aliphatic rings. The second kappa shape index (κ2) is 8.03. The van der Waals surface area contributed by atoms with Crippen molar-refractivity contribution in [3.8, 4) is 11.4 Å². The average molecular weight is 364 g/mol. The van der Waals surface area contributed by atoms with E-state index in [-0.39, 0.29) is 5.91 Å². The molecule has 0 saturated carbocycles. The van der Waals surface area contributed by atoms with Crippen LogP contribution in [0.3, 0.4) is 0 Å². The highest BCUT2D eigenvalue weighted by molar-refractivity contribution is 6.04.